The van der Waals surface area contributed by atoms with Gasteiger partial charge < -0.3 is 10.1 Å². The third kappa shape index (κ3) is 2.24. The van der Waals surface area contributed by atoms with Crippen molar-refractivity contribution < 1.29 is 9.53 Å². The second kappa shape index (κ2) is 4.43. The second-order valence-corrected chi connectivity index (χ2v) is 3.81. The van der Waals surface area contributed by atoms with Gasteiger partial charge >= 0.3 is 0 Å². The number of carbonyl (C=O) groups is 1. The zero-order valence-corrected chi connectivity index (χ0v) is 8.67. The molecule has 0 saturated heterocycles. The van der Waals surface area contributed by atoms with E-state index in [1.54, 1.807) is 14.0 Å². The van der Waals surface area contributed by atoms with Crippen LogP contribution in [0.4, 0.5) is 0 Å². The lowest BCUT2D eigenvalue weighted by molar-refractivity contribution is -0.126. The third-order valence-corrected chi connectivity index (χ3v) is 2.87. The van der Waals surface area contributed by atoms with Crippen LogP contribution in [0.25, 0.3) is 0 Å². The maximum atomic E-state index is 11.3. The molecule has 1 aliphatic carbocycles. The molecule has 1 amide bonds. The smallest absolute Gasteiger partial charge is 0.237 e. The first-order valence-corrected chi connectivity index (χ1v) is 4.86. The molecule has 0 spiro atoms. The minimum Gasteiger partial charge on any atom is -0.376 e. The van der Waals surface area contributed by atoms with E-state index in [1.807, 2.05) is 6.07 Å². The molecule has 0 aromatic carbocycles. The molecule has 0 aromatic rings. The van der Waals surface area contributed by atoms with Crippen LogP contribution in [0.3, 0.4) is 0 Å². The Labute approximate surface area is 84.2 Å². The maximum Gasteiger partial charge on any atom is 0.237 e. The number of ether oxygens (including phenoxy) is 1. The summed E-state index contributed by atoms with van der Waals surface area (Å²) >= 11 is 0. The number of nitrogens with one attached hydrogen (secondary N) is 1. The van der Waals surface area contributed by atoms with E-state index in [2.05, 4.69) is 5.32 Å². The molecule has 0 radical (unpaired) electrons. The quantitative estimate of drug-likeness (QED) is 0.724. The molecule has 0 aromatic heterocycles. The van der Waals surface area contributed by atoms with E-state index in [-0.39, 0.29) is 11.5 Å². The Morgan fingerprint density at radius 2 is 2.36 bits per heavy atom. The highest BCUT2D eigenvalue weighted by Crippen LogP contribution is 2.34. The summed E-state index contributed by atoms with van der Waals surface area (Å²) in [5, 5.41) is 11.3. The van der Waals surface area contributed by atoms with Crippen molar-refractivity contribution in [2.24, 2.45) is 5.92 Å². The summed E-state index contributed by atoms with van der Waals surface area (Å²) in [4.78, 5) is 11.3. The van der Waals surface area contributed by atoms with Crippen molar-refractivity contribution in [2.75, 3.05) is 13.7 Å². The second-order valence-electron chi connectivity index (χ2n) is 3.81. The van der Waals surface area contributed by atoms with Crippen molar-refractivity contribution in [2.45, 2.75) is 31.8 Å². The molecule has 0 heterocycles. The van der Waals surface area contributed by atoms with E-state index in [9.17, 15) is 4.79 Å². The van der Waals surface area contributed by atoms with Gasteiger partial charge in [-0.1, -0.05) is 0 Å². The van der Waals surface area contributed by atoms with Crippen molar-refractivity contribution in [1.29, 1.82) is 5.26 Å². The number of rotatable bonds is 4. The van der Waals surface area contributed by atoms with E-state index in [4.69, 9.17) is 10.00 Å². The van der Waals surface area contributed by atoms with Gasteiger partial charge in [-0.25, -0.2) is 0 Å². The molecule has 4 nitrogen and oxygen atoms in total. The Morgan fingerprint density at radius 1 is 1.71 bits per heavy atom. The third-order valence-electron chi connectivity index (χ3n) is 2.87. The summed E-state index contributed by atoms with van der Waals surface area (Å²) in [6.07, 6.45) is 3.13. The summed E-state index contributed by atoms with van der Waals surface area (Å²) in [6, 6.07) is 1.90. The molecule has 1 N–H and O–H groups in total. The van der Waals surface area contributed by atoms with Gasteiger partial charge in [0.2, 0.25) is 5.91 Å². The number of amides is 1. The highest BCUT2D eigenvalue weighted by Gasteiger charge is 2.37. The Bertz CT molecular complexity index is 248. The summed E-state index contributed by atoms with van der Waals surface area (Å²) in [5.41, 5.74) is -0.162. The fraction of sp³-hybridized carbons (Fsp3) is 0.800. The lowest BCUT2D eigenvalue weighted by Crippen LogP contribution is -2.50. The molecule has 0 bridgehead atoms. The van der Waals surface area contributed by atoms with E-state index in [0.29, 0.717) is 6.54 Å². The van der Waals surface area contributed by atoms with Gasteiger partial charge in [-0.15, -0.1) is 0 Å². The van der Waals surface area contributed by atoms with Crippen LogP contribution in [0.5, 0.6) is 0 Å². The molecule has 4 heteroatoms. The van der Waals surface area contributed by atoms with E-state index in [0.717, 1.165) is 19.3 Å². The Balaban J connectivity index is 2.33. The zero-order chi connectivity index (χ0) is 10.6. The van der Waals surface area contributed by atoms with Crippen LogP contribution in [0.2, 0.25) is 0 Å². The first-order chi connectivity index (χ1) is 6.63. The van der Waals surface area contributed by atoms with Gasteiger partial charge in [-0.3, -0.25) is 4.79 Å². The van der Waals surface area contributed by atoms with Gasteiger partial charge in [-0.05, 0) is 26.2 Å². The molecule has 1 atom stereocenters. The molecule has 1 aliphatic rings. The average molecular weight is 196 g/mol. The number of methoxy groups -OCH3 is 1. The molecule has 14 heavy (non-hydrogen) atoms. The largest absolute Gasteiger partial charge is 0.376 e. The van der Waals surface area contributed by atoms with Crippen molar-refractivity contribution >= 4 is 5.91 Å². The number of nitriles is 1. The molecule has 0 aliphatic heterocycles. The van der Waals surface area contributed by atoms with Crippen LogP contribution in [0.15, 0.2) is 0 Å². The van der Waals surface area contributed by atoms with Crippen molar-refractivity contribution in [3.05, 3.63) is 0 Å². The maximum absolute atomic E-state index is 11.3. The van der Waals surface area contributed by atoms with Crippen LogP contribution < -0.4 is 5.32 Å². The van der Waals surface area contributed by atoms with E-state index in [1.165, 1.54) is 0 Å². The standard InChI is InChI=1S/C10H16N2O2/c1-8(6-11)9(13)12-7-10(14-2)4-3-5-10/h8H,3-5,7H2,1-2H3,(H,12,13). The minimum absolute atomic E-state index is 0.162. The molecule has 1 saturated carbocycles. The van der Waals surface area contributed by atoms with E-state index < -0.39 is 5.92 Å². The Kier molecular flexibility index (Phi) is 3.48. The summed E-state index contributed by atoms with van der Waals surface area (Å²) in [6.45, 7) is 2.12. The van der Waals surface area contributed by atoms with Crippen molar-refractivity contribution in [1.82, 2.24) is 5.32 Å². The predicted molar refractivity (Wildman–Crippen MR) is 51.4 cm³/mol. The topological polar surface area (TPSA) is 62.1 Å². The highest BCUT2D eigenvalue weighted by atomic mass is 16.5. The number of carbonyl (C=O) groups excluding carboxylic acids is 1. The van der Waals surface area contributed by atoms with Crippen LogP contribution >= 0.6 is 0 Å². The Morgan fingerprint density at radius 3 is 2.71 bits per heavy atom. The molecule has 1 unspecified atom stereocenters. The fourth-order valence-electron chi connectivity index (χ4n) is 1.48. The number of hydrogen-bond acceptors (Lipinski definition) is 3. The van der Waals surface area contributed by atoms with Crippen LogP contribution in [0, 0.1) is 17.2 Å². The van der Waals surface area contributed by atoms with Gasteiger partial charge in [-0.2, -0.15) is 5.26 Å². The monoisotopic (exact) mass is 196 g/mol. The normalized spacial score (nSPS) is 20.4. The summed E-state index contributed by atoms with van der Waals surface area (Å²) in [7, 11) is 1.67. The number of nitrogens with zero attached hydrogens (tertiary/aromatic N) is 1. The minimum atomic E-state index is -0.580. The summed E-state index contributed by atoms with van der Waals surface area (Å²) in [5.74, 6) is -0.792. The van der Waals surface area contributed by atoms with Crippen molar-refractivity contribution in [3.63, 3.8) is 0 Å². The van der Waals surface area contributed by atoms with Crippen LogP contribution in [-0.2, 0) is 9.53 Å². The van der Waals surface area contributed by atoms with Crippen LogP contribution in [0.1, 0.15) is 26.2 Å². The highest BCUT2D eigenvalue weighted by molar-refractivity contribution is 5.80. The lowest BCUT2D eigenvalue weighted by atomic mass is 9.80. The van der Waals surface area contributed by atoms with Gasteiger partial charge in [0.05, 0.1) is 11.7 Å². The molecular weight excluding hydrogens is 180 g/mol. The van der Waals surface area contributed by atoms with Crippen molar-refractivity contribution in [3.8, 4) is 6.07 Å². The fourth-order valence-corrected chi connectivity index (χ4v) is 1.48. The van der Waals surface area contributed by atoms with Gasteiger partial charge in [0.15, 0.2) is 0 Å². The molecule has 1 rings (SSSR count). The van der Waals surface area contributed by atoms with Crippen LogP contribution in [-0.4, -0.2) is 25.2 Å². The average Bonchev–Trinajstić information content (AvgIpc) is 2.15. The van der Waals surface area contributed by atoms with Gasteiger partial charge in [0, 0.05) is 13.7 Å². The number of hydrogen-bond donors (Lipinski definition) is 1. The SMILES string of the molecule is COC1(CNC(=O)C(C)C#N)CCC1. The lowest BCUT2D eigenvalue weighted by Gasteiger charge is -2.40. The van der Waals surface area contributed by atoms with Gasteiger partial charge in [0.1, 0.15) is 5.92 Å². The zero-order valence-electron chi connectivity index (χ0n) is 8.67. The molecular formula is C10H16N2O2. The summed E-state index contributed by atoms with van der Waals surface area (Å²) < 4.78 is 5.34. The first kappa shape index (κ1) is 11.0. The van der Waals surface area contributed by atoms with Gasteiger partial charge in [0.25, 0.3) is 0 Å². The predicted octanol–water partition coefficient (Wildman–Crippen LogP) is 0.831. The Hall–Kier alpha value is -1.08. The van der Waals surface area contributed by atoms with E-state index >= 15 is 0 Å². The molecule has 1 fully saturated rings. The first-order valence-electron chi connectivity index (χ1n) is 4.86. The molecule has 78 valence electrons.